The van der Waals surface area contributed by atoms with Gasteiger partial charge in [0.1, 0.15) is 5.69 Å². The highest BCUT2D eigenvalue weighted by atomic mass is 35.5. The standard InChI is InChI=1S/C17H12Cl2N2O5/c18-12-4-1-11(2-5-12)3-8-17(23)26-10-16(22)20-14-9-13(19)6-7-15(14)21(24)25/h1-9H,10H2,(H,20,22)/b8-3+. The summed E-state index contributed by atoms with van der Waals surface area (Å²) in [7, 11) is 0. The van der Waals surface area contributed by atoms with Crippen molar-refractivity contribution in [2.24, 2.45) is 0 Å². The van der Waals surface area contributed by atoms with E-state index in [9.17, 15) is 19.7 Å². The van der Waals surface area contributed by atoms with Gasteiger partial charge in [0.05, 0.1) is 4.92 Å². The lowest BCUT2D eigenvalue weighted by Crippen LogP contribution is -2.20. The van der Waals surface area contributed by atoms with Crippen molar-refractivity contribution in [2.45, 2.75) is 0 Å². The Morgan fingerprint density at radius 2 is 1.77 bits per heavy atom. The van der Waals surface area contributed by atoms with Crippen LogP contribution in [0.25, 0.3) is 6.08 Å². The molecule has 0 saturated carbocycles. The second-order valence-electron chi connectivity index (χ2n) is 4.96. The number of halogens is 2. The smallest absolute Gasteiger partial charge is 0.331 e. The van der Waals surface area contributed by atoms with E-state index in [-0.39, 0.29) is 16.4 Å². The zero-order valence-corrected chi connectivity index (χ0v) is 14.7. The number of hydrogen-bond donors (Lipinski definition) is 1. The highest BCUT2D eigenvalue weighted by Crippen LogP contribution is 2.27. The summed E-state index contributed by atoms with van der Waals surface area (Å²) in [6.45, 7) is -0.604. The lowest BCUT2D eigenvalue weighted by molar-refractivity contribution is -0.383. The van der Waals surface area contributed by atoms with E-state index in [0.717, 1.165) is 11.6 Å². The van der Waals surface area contributed by atoms with Gasteiger partial charge in [-0.25, -0.2) is 4.79 Å². The SMILES string of the molecule is O=C(COC(=O)/C=C/c1ccc(Cl)cc1)Nc1cc(Cl)ccc1[N+](=O)[O-]. The number of rotatable bonds is 6. The van der Waals surface area contributed by atoms with Crippen LogP contribution in [0.15, 0.2) is 48.5 Å². The number of hydrogen-bond acceptors (Lipinski definition) is 5. The van der Waals surface area contributed by atoms with E-state index in [1.807, 2.05) is 0 Å². The molecule has 0 heterocycles. The summed E-state index contributed by atoms with van der Waals surface area (Å²) in [6.07, 6.45) is 2.65. The molecule has 1 N–H and O–H groups in total. The Morgan fingerprint density at radius 1 is 1.12 bits per heavy atom. The highest BCUT2D eigenvalue weighted by molar-refractivity contribution is 6.31. The number of benzene rings is 2. The number of carbonyl (C=O) groups excluding carboxylic acids is 2. The number of ether oxygens (including phenoxy) is 1. The Bertz CT molecular complexity index is 866. The van der Waals surface area contributed by atoms with Gasteiger partial charge in [0.25, 0.3) is 11.6 Å². The molecule has 0 fully saturated rings. The van der Waals surface area contributed by atoms with Gasteiger partial charge >= 0.3 is 5.97 Å². The first-order valence-electron chi connectivity index (χ1n) is 7.19. The minimum atomic E-state index is -0.740. The largest absolute Gasteiger partial charge is 0.452 e. The number of nitro benzene ring substituents is 1. The van der Waals surface area contributed by atoms with Crippen LogP contribution >= 0.6 is 23.2 Å². The fourth-order valence-corrected chi connectivity index (χ4v) is 2.17. The summed E-state index contributed by atoms with van der Waals surface area (Å²) in [5.41, 5.74) is 0.322. The molecule has 0 aliphatic rings. The monoisotopic (exact) mass is 394 g/mol. The predicted octanol–water partition coefficient (Wildman–Crippen LogP) is 4.10. The van der Waals surface area contributed by atoms with Gasteiger partial charge < -0.3 is 10.1 Å². The van der Waals surface area contributed by atoms with Crippen LogP contribution in [0.3, 0.4) is 0 Å². The van der Waals surface area contributed by atoms with Crippen molar-refractivity contribution in [3.8, 4) is 0 Å². The average Bonchev–Trinajstić information content (AvgIpc) is 2.59. The molecule has 0 saturated heterocycles. The number of anilines is 1. The maximum atomic E-state index is 11.8. The van der Waals surface area contributed by atoms with Gasteiger partial charge in [-0.1, -0.05) is 35.3 Å². The van der Waals surface area contributed by atoms with Gasteiger partial charge in [0.15, 0.2) is 6.61 Å². The fourth-order valence-electron chi connectivity index (χ4n) is 1.88. The molecule has 1 amide bonds. The van der Waals surface area contributed by atoms with E-state index in [0.29, 0.717) is 5.02 Å². The molecule has 0 aliphatic heterocycles. The van der Waals surface area contributed by atoms with E-state index in [1.54, 1.807) is 24.3 Å². The minimum Gasteiger partial charge on any atom is -0.452 e. The Balaban J connectivity index is 1.90. The molecule has 9 heteroatoms. The van der Waals surface area contributed by atoms with Crippen LogP contribution < -0.4 is 5.32 Å². The molecule has 134 valence electrons. The van der Waals surface area contributed by atoms with E-state index in [4.69, 9.17) is 27.9 Å². The lowest BCUT2D eigenvalue weighted by Gasteiger charge is -2.06. The number of nitrogens with zero attached hydrogens (tertiary/aromatic N) is 1. The summed E-state index contributed by atoms with van der Waals surface area (Å²) in [4.78, 5) is 33.7. The molecule has 0 bridgehead atoms. The number of nitrogens with one attached hydrogen (secondary N) is 1. The lowest BCUT2D eigenvalue weighted by atomic mass is 10.2. The van der Waals surface area contributed by atoms with Crippen molar-refractivity contribution in [3.05, 3.63) is 74.3 Å². The molecule has 2 aromatic carbocycles. The molecule has 0 atom stereocenters. The summed E-state index contributed by atoms with van der Waals surface area (Å²) < 4.78 is 4.79. The Kier molecular flexibility index (Phi) is 6.71. The molecule has 0 unspecified atom stereocenters. The molecule has 26 heavy (non-hydrogen) atoms. The normalized spacial score (nSPS) is 10.5. The van der Waals surface area contributed by atoms with Gasteiger partial charge in [-0.15, -0.1) is 0 Å². The van der Waals surface area contributed by atoms with E-state index >= 15 is 0 Å². The van der Waals surface area contributed by atoms with Crippen LogP contribution in [0.4, 0.5) is 11.4 Å². The minimum absolute atomic E-state index is 0.0831. The van der Waals surface area contributed by atoms with Gasteiger partial charge in [-0.2, -0.15) is 0 Å². The van der Waals surface area contributed by atoms with Crippen LogP contribution in [0, 0.1) is 10.1 Å². The number of amides is 1. The van der Waals surface area contributed by atoms with Crippen molar-refractivity contribution in [3.63, 3.8) is 0 Å². The second-order valence-corrected chi connectivity index (χ2v) is 5.83. The zero-order chi connectivity index (χ0) is 19.1. The van der Waals surface area contributed by atoms with Crippen LogP contribution in [0.1, 0.15) is 5.56 Å². The molecule has 0 spiro atoms. The van der Waals surface area contributed by atoms with Gasteiger partial charge in [-0.05, 0) is 35.9 Å². The predicted molar refractivity (Wildman–Crippen MR) is 98.2 cm³/mol. The maximum Gasteiger partial charge on any atom is 0.331 e. The third kappa shape index (κ3) is 5.87. The first-order chi connectivity index (χ1) is 12.3. The van der Waals surface area contributed by atoms with Crippen molar-refractivity contribution in [1.82, 2.24) is 0 Å². The Labute approximate surface area is 158 Å². The van der Waals surface area contributed by atoms with Crippen molar-refractivity contribution < 1.29 is 19.2 Å². The summed E-state index contributed by atoms with van der Waals surface area (Å²) in [6, 6.07) is 10.5. The summed E-state index contributed by atoms with van der Waals surface area (Å²) >= 11 is 11.5. The highest BCUT2D eigenvalue weighted by Gasteiger charge is 2.16. The quantitative estimate of drug-likeness (QED) is 0.344. The van der Waals surface area contributed by atoms with Crippen LogP contribution in [-0.2, 0) is 14.3 Å². The Morgan fingerprint density at radius 3 is 2.42 bits per heavy atom. The molecule has 0 aromatic heterocycles. The molecular formula is C17H12Cl2N2O5. The molecule has 0 radical (unpaired) electrons. The van der Waals surface area contributed by atoms with Crippen LogP contribution in [0.5, 0.6) is 0 Å². The first kappa shape index (κ1) is 19.4. The van der Waals surface area contributed by atoms with E-state index in [2.05, 4.69) is 5.32 Å². The Hall–Kier alpha value is -2.90. The summed E-state index contributed by atoms with van der Waals surface area (Å²) in [5.74, 6) is -1.47. The zero-order valence-electron chi connectivity index (χ0n) is 13.1. The van der Waals surface area contributed by atoms with Gasteiger partial charge in [0, 0.05) is 22.2 Å². The number of carbonyl (C=O) groups is 2. The molecule has 2 aromatic rings. The third-order valence-corrected chi connectivity index (χ3v) is 3.54. The van der Waals surface area contributed by atoms with Crippen molar-refractivity contribution in [1.29, 1.82) is 0 Å². The van der Waals surface area contributed by atoms with E-state index in [1.165, 1.54) is 24.3 Å². The van der Waals surface area contributed by atoms with Gasteiger partial charge in [-0.3, -0.25) is 14.9 Å². The van der Waals surface area contributed by atoms with Gasteiger partial charge in [0.2, 0.25) is 0 Å². The summed E-state index contributed by atoms with van der Waals surface area (Å²) in [5, 5.41) is 14.0. The van der Waals surface area contributed by atoms with Crippen molar-refractivity contribution >= 4 is 52.5 Å². The van der Waals surface area contributed by atoms with Crippen LogP contribution in [0.2, 0.25) is 10.0 Å². The molecule has 2 rings (SSSR count). The maximum absolute atomic E-state index is 11.8. The molecular weight excluding hydrogens is 383 g/mol. The fraction of sp³-hybridized carbons (Fsp3) is 0.0588. The van der Waals surface area contributed by atoms with E-state index < -0.39 is 23.4 Å². The first-order valence-corrected chi connectivity index (χ1v) is 7.95. The molecule has 7 nitrogen and oxygen atoms in total. The van der Waals surface area contributed by atoms with Crippen molar-refractivity contribution in [2.75, 3.05) is 11.9 Å². The number of esters is 1. The molecule has 0 aliphatic carbocycles. The van der Waals surface area contributed by atoms with Crippen LogP contribution in [-0.4, -0.2) is 23.4 Å². The average molecular weight is 395 g/mol. The topological polar surface area (TPSA) is 98.5 Å². The number of nitro groups is 1. The third-order valence-electron chi connectivity index (χ3n) is 3.06. The second kappa shape index (κ2) is 8.98.